The van der Waals surface area contributed by atoms with E-state index in [-0.39, 0.29) is 27.1 Å². The van der Waals surface area contributed by atoms with Gasteiger partial charge in [0.1, 0.15) is 17.2 Å². The minimum absolute atomic E-state index is 0.0767. The molecule has 2 aromatic rings. The molecule has 33 heavy (non-hydrogen) atoms. The molecule has 3 N–H and O–H groups in total. The lowest BCUT2D eigenvalue weighted by atomic mass is 9.95. The van der Waals surface area contributed by atoms with E-state index in [0.717, 1.165) is 32.1 Å². The van der Waals surface area contributed by atoms with Crippen LogP contribution in [-0.4, -0.2) is 42.4 Å². The molecule has 3 heterocycles. The number of pyridine rings is 2. The van der Waals surface area contributed by atoms with Crippen LogP contribution in [0.25, 0.3) is 0 Å². The SMILES string of the molecule is CC1CN(c2nccc(S(=O)(=O)c3cccc(NC4CCCCC4)n3)c2C(N)=O)C(C)(C)C1. The number of rotatable bonds is 6. The number of carbonyl (C=O) groups is 1. The Balaban J connectivity index is 1.74. The Morgan fingerprint density at radius 1 is 1.18 bits per heavy atom. The Labute approximate surface area is 195 Å². The molecule has 1 aliphatic carbocycles. The topological polar surface area (TPSA) is 118 Å². The zero-order valence-electron chi connectivity index (χ0n) is 19.5. The summed E-state index contributed by atoms with van der Waals surface area (Å²) in [5.41, 5.74) is 5.38. The largest absolute Gasteiger partial charge is 0.367 e. The zero-order valence-corrected chi connectivity index (χ0v) is 20.4. The number of anilines is 2. The van der Waals surface area contributed by atoms with E-state index in [1.54, 1.807) is 12.1 Å². The fourth-order valence-corrected chi connectivity index (χ4v) is 6.67. The van der Waals surface area contributed by atoms with E-state index in [4.69, 9.17) is 5.73 Å². The first kappa shape index (κ1) is 23.5. The van der Waals surface area contributed by atoms with Gasteiger partial charge in [0.05, 0.1) is 4.90 Å². The number of hydrogen-bond donors (Lipinski definition) is 2. The van der Waals surface area contributed by atoms with Crippen molar-refractivity contribution in [2.75, 3.05) is 16.8 Å². The number of hydrogen-bond acceptors (Lipinski definition) is 7. The van der Waals surface area contributed by atoms with Crippen LogP contribution in [0.15, 0.2) is 40.4 Å². The molecule has 1 atom stereocenters. The third-order valence-corrected chi connectivity index (χ3v) is 8.41. The fourth-order valence-electron chi connectivity index (χ4n) is 5.27. The first-order chi connectivity index (χ1) is 15.6. The van der Waals surface area contributed by atoms with Crippen LogP contribution in [-0.2, 0) is 9.84 Å². The van der Waals surface area contributed by atoms with Gasteiger partial charge in [0, 0.05) is 24.3 Å². The number of sulfone groups is 1. The van der Waals surface area contributed by atoms with E-state index >= 15 is 0 Å². The summed E-state index contributed by atoms with van der Waals surface area (Å²) >= 11 is 0. The second kappa shape index (κ2) is 8.93. The maximum Gasteiger partial charge on any atom is 0.253 e. The number of primary amides is 1. The maximum atomic E-state index is 13.7. The van der Waals surface area contributed by atoms with Crippen LogP contribution in [0.2, 0.25) is 0 Å². The minimum atomic E-state index is -4.10. The molecule has 2 aromatic heterocycles. The summed E-state index contributed by atoms with van der Waals surface area (Å²) in [6.07, 6.45) is 7.96. The number of nitrogens with zero attached hydrogens (tertiary/aromatic N) is 3. The first-order valence-corrected chi connectivity index (χ1v) is 13.1. The van der Waals surface area contributed by atoms with E-state index in [0.29, 0.717) is 24.1 Å². The molecule has 4 rings (SSSR count). The third kappa shape index (κ3) is 4.69. The predicted octanol–water partition coefficient (Wildman–Crippen LogP) is 3.78. The van der Waals surface area contributed by atoms with Crippen molar-refractivity contribution < 1.29 is 13.2 Å². The molecule has 0 spiro atoms. The fraction of sp³-hybridized carbons (Fsp3) is 0.542. The number of carbonyl (C=O) groups excluding carboxylic acids is 1. The van der Waals surface area contributed by atoms with Crippen LogP contribution in [0.1, 0.15) is 69.7 Å². The molecule has 1 amide bonds. The van der Waals surface area contributed by atoms with Crippen LogP contribution >= 0.6 is 0 Å². The molecule has 2 aliphatic rings. The monoisotopic (exact) mass is 471 g/mol. The molecular weight excluding hydrogens is 438 g/mol. The molecule has 0 aromatic carbocycles. The van der Waals surface area contributed by atoms with Crippen molar-refractivity contribution in [3.8, 4) is 0 Å². The average molecular weight is 472 g/mol. The molecule has 8 nitrogen and oxygen atoms in total. The number of nitrogens with one attached hydrogen (secondary N) is 1. The van der Waals surface area contributed by atoms with E-state index in [9.17, 15) is 13.2 Å². The summed E-state index contributed by atoms with van der Waals surface area (Å²) in [6.45, 7) is 6.92. The maximum absolute atomic E-state index is 13.7. The molecule has 1 saturated carbocycles. The van der Waals surface area contributed by atoms with Crippen molar-refractivity contribution in [3.63, 3.8) is 0 Å². The highest BCUT2D eigenvalue weighted by Gasteiger charge is 2.40. The van der Waals surface area contributed by atoms with Crippen molar-refractivity contribution in [3.05, 3.63) is 36.0 Å². The van der Waals surface area contributed by atoms with Gasteiger partial charge in [-0.2, -0.15) is 0 Å². The Hall–Kier alpha value is -2.68. The zero-order chi connectivity index (χ0) is 23.8. The standard InChI is InChI=1S/C24H33N5O3S/c1-16-14-24(2,3)29(15-16)23-21(22(25)30)18(12-13-26-23)33(31,32)20-11-7-10-19(28-20)27-17-8-5-4-6-9-17/h7,10-13,16-17H,4-6,8-9,14-15H2,1-3H3,(H2,25,30)(H,27,28). The Morgan fingerprint density at radius 2 is 1.91 bits per heavy atom. The van der Waals surface area contributed by atoms with Crippen LogP contribution in [0.3, 0.4) is 0 Å². The molecule has 9 heteroatoms. The molecule has 1 unspecified atom stereocenters. The quantitative estimate of drug-likeness (QED) is 0.658. The Kier molecular flexibility index (Phi) is 6.35. The average Bonchev–Trinajstić information content (AvgIpc) is 3.05. The van der Waals surface area contributed by atoms with E-state index in [1.165, 1.54) is 24.8 Å². The van der Waals surface area contributed by atoms with Gasteiger partial charge in [-0.25, -0.2) is 18.4 Å². The number of aromatic nitrogens is 2. The van der Waals surface area contributed by atoms with Gasteiger partial charge in [-0.1, -0.05) is 32.3 Å². The van der Waals surface area contributed by atoms with Crippen LogP contribution in [0.4, 0.5) is 11.6 Å². The van der Waals surface area contributed by atoms with Gasteiger partial charge in [-0.05, 0) is 57.2 Å². The van der Waals surface area contributed by atoms with Gasteiger partial charge in [-0.3, -0.25) is 4.79 Å². The number of nitrogens with two attached hydrogens (primary N) is 1. The lowest BCUT2D eigenvalue weighted by Crippen LogP contribution is -2.40. The van der Waals surface area contributed by atoms with Gasteiger partial charge in [0.2, 0.25) is 9.84 Å². The molecule has 1 saturated heterocycles. The smallest absolute Gasteiger partial charge is 0.253 e. The van der Waals surface area contributed by atoms with Crippen molar-refractivity contribution in [2.45, 2.75) is 80.8 Å². The third-order valence-electron chi connectivity index (χ3n) is 6.71. The van der Waals surface area contributed by atoms with Gasteiger partial charge < -0.3 is 16.0 Å². The highest BCUT2D eigenvalue weighted by molar-refractivity contribution is 7.91. The second-order valence-corrected chi connectivity index (χ2v) is 11.8. The van der Waals surface area contributed by atoms with Gasteiger partial charge in [-0.15, -0.1) is 0 Å². The van der Waals surface area contributed by atoms with Crippen LogP contribution in [0.5, 0.6) is 0 Å². The highest BCUT2D eigenvalue weighted by atomic mass is 32.2. The highest BCUT2D eigenvalue weighted by Crippen LogP contribution is 2.39. The van der Waals surface area contributed by atoms with Crippen LogP contribution in [0, 0.1) is 5.92 Å². The number of amides is 1. The summed E-state index contributed by atoms with van der Waals surface area (Å²) in [7, 11) is -4.10. The van der Waals surface area contributed by atoms with Gasteiger partial charge in [0.25, 0.3) is 5.91 Å². The first-order valence-electron chi connectivity index (χ1n) is 11.6. The van der Waals surface area contributed by atoms with E-state index in [1.807, 2.05) is 4.90 Å². The summed E-state index contributed by atoms with van der Waals surface area (Å²) < 4.78 is 27.3. The van der Waals surface area contributed by atoms with Gasteiger partial charge in [0.15, 0.2) is 5.03 Å². The molecular formula is C24H33N5O3S. The molecule has 0 radical (unpaired) electrons. The predicted molar refractivity (Wildman–Crippen MR) is 128 cm³/mol. The van der Waals surface area contributed by atoms with Gasteiger partial charge >= 0.3 is 0 Å². The molecule has 1 aliphatic heterocycles. The summed E-state index contributed by atoms with van der Waals surface area (Å²) in [5, 5.41) is 3.25. The van der Waals surface area contributed by atoms with Crippen molar-refractivity contribution in [2.24, 2.45) is 11.7 Å². The minimum Gasteiger partial charge on any atom is -0.367 e. The van der Waals surface area contributed by atoms with E-state index in [2.05, 4.69) is 36.1 Å². The molecule has 178 valence electrons. The Morgan fingerprint density at radius 3 is 2.55 bits per heavy atom. The van der Waals surface area contributed by atoms with Crippen molar-refractivity contribution >= 4 is 27.4 Å². The van der Waals surface area contributed by atoms with Crippen LogP contribution < -0.4 is 16.0 Å². The van der Waals surface area contributed by atoms with Crippen molar-refractivity contribution in [1.82, 2.24) is 9.97 Å². The lowest BCUT2D eigenvalue weighted by Gasteiger charge is -2.33. The van der Waals surface area contributed by atoms with Crippen molar-refractivity contribution in [1.29, 1.82) is 0 Å². The van der Waals surface area contributed by atoms with E-state index < -0.39 is 15.7 Å². The normalized spacial score (nSPS) is 21.2. The summed E-state index contributed by atoms with van der Waals surface area (Å²) in [4.78, 5) is 23.2. The molecule has 0 bridgehead atoms. The second-order valence-electron chi connectivity index (χ2n) is 9.95. The summed E-state index contributed by atoms with van der Waals surface area (Å²) in [5.74, 6) is 0.400. The lowest BCUT2D eigenvalue weighted by molar-refractivity contribution is 0.0997. The summed E-state index contributed by atoms with van der Waals surface area (Å²) in [6, 6.07) is 6.52. The Bertz CT molecular complexity index is 1140. The molecule has 2 fully saturated rings.